The number of amides is 1. The molecule has 0 spiro atoms. The lowest BCUT2D eigenvalue weighted by molar-refractivity contribution is -0.183. The van der Waals surface area contributed by atoms with Gasteiger partial charge in [-0.1, -0.05) is 0 Å². The van der Waals surface area contributed by atoms with Crippen LogP contribution in [0.25, 0.3) is 0 Å². The largest absolute Gasteiger partial charge is 0.272 e. The van der Waals surface area contributed by atoms with Crippen LogP contribution >= 0.6 is 0 Å². The van der Waals surface area contributed by atoms with Crippen LogP contribution in [-0.2, 0) is 16.2 Å². The first-order chi connectivity index (χ1) is 13.9. The molecule has 2 aromatic rings. The highest BCUT2D eigenvalue weighted by atomic mass is 19.1. The van der Waals surface area contributed by atoms with Gasteiger partial charge in [0.15, 0.2) is 0 Å². The fourth-order valence-electron chi connectivity index (χ4n) is 4.63. The van der Waals surface area contributed by atoms with Crippen molar-refractivity contribution < 1.29 is 18.4 Å². The third kappa shape index (κ3) is 4.34. The molecule has 156 valence electrons. The molecule has 2 fully saturated rings. The summed E-state index contributed by atoms with van der Waals surface area (Å²) < 4.78 is 29.3. The minimum atomic E-state index is -0.635. The maximum Gasteiger partial charge on any atom is 0.249 e. The van der Waals surface area contributed by atoms with Crippen LogP contribution in [0.15, 0.2) is 24.3 Å². The molecular formula is C22H27F2N3O2. The summed E-state index contributed by atoms with van der Waals surface area (Å²) in [5, 5.41) is 5.90. The van der Waals surface area contributed by atoms with Gasteiger partial charge in [-0.2, -0.15) is 5.10 Å². The van der Waals surface area contributed by atoms with Gasteiger partial charge in [0.25, 0.3) is 0 Å². The molecule has 1 aromatic heterocycles. The number of halogens is 2. The van der Waals surface area contributed by atoms with E-state index in [4.69, 9.17) is 4.84 Å². The summed E-state index contributed by atoms with van der Waals surface area (Å²) in [5.41, 5.74) is 2.64. The molecule has 0 unspecified atom stereocenters. The van der Waals surface area contributed by atoms with Crippen LogP contribution < -0.4 is 0 Å². The Morgan fingerprint density at radius 1 is 1.07 bits per heavy atom. The van der Waals surface area contributed by atoms with Gasteiger partial charge in [0, 0.05) is 30.6 Å². The standard InChI is InChI=1S/C22H27F2N3O2/c1-14-9-15(2)26(25-14)13-16-3-5-17(6-4-16)22(28)27-21(7-8-29-27)18-10-19(23)12-20(24)11-18/h9-12,16-17,21H,3-8,13H2,1-2H3/t16-,17-,21-/m0/s1. The van der Waals surface area contributed by atoms with Crippen LogP contribution in [0.2, 0.25) is 0 Å². The molecule has 0 bridgehead atoms. The van der Waals surface area contributed by atoms with Crippen molar-refractivity contribution in [2.45, 2.75) is 58.5 Å². The summed E-state index contributed by atoms with van der Waals surface area (Å²) in [7, 11) is 0. The molecule has 1 aromatic carbocycles. The van der Waals surface area contributed by atoms with E-state index >= 15 is 0 Å². The van der Waals surface area contributed by atoms with Gasteiger partial charge in [-0.05, 0) is 69.2 Å². The maximum absolute atomic E-state index is 13.6. The molecule has 2 heterocycles. The predicted octanol–water partition coefficient (Wildman–Crippen LogP) is 4.49. The Balaban J connectivity index is 1.38. The molecule has 2 aliphatic rings. The second kappa shape index (κ2) is 8.22. The monoisotopic (exact) mass is 403 g/mol. The van der Waals surface area contributed by atoms with E-state index in [9.17, 15) is 13.6 Å². The van der Waals surface area contributed by atoms with E-state index in [1.807, 2.05) is 6.92 Å². The molecule has 1 amide bonds. The second-order valence-corrected chi connectivity index (χ2v) is 8.33. The minimum Gasteiger partial charge on any atom is -0.272 e. The molecular weight excluding hydrogens is 376 g/mol. The number of hydroxylamine groups is 2. The van der Waals surface area contributed by atoms with Gasteiger partial charge in [0.2, 0.25) is 5.91 Å². The third-order valence-electron chi connectivity index (χ3n) is 6.12. The number of carbonyl (C=O) groups excluding carboxylic acids is 1. The zero-order valence-electron chi connectivity index (χ0n) is 16.9. The molecule has 4 rings (SSSR count). The molecule has 1 atom stereocenters. The molecule has 0 radical (unpaired) electrons. The van der Waals surface area contributed by atoms with E-state index in [1.54, 1.807) is 0 Å². The van der Waals surface area contributed by atoms with Gasteiger partial charge in [0.1, 0.15) is 11.6 Å². The Labute approximate surface area is 169 Å². The summed E-state index contributed by atoms with van der Waals surface area (Å²) in [5.74, 6) is -0.940. The van der Waals surface area contributed by atoms with Crippen molar-refractivity contribution in [2.75, 3.05) is 6.61 Å². The summed E-state index contributed by atoms with van der Waals surface area (Å²) in [6.45, 7) is 5.32. The number of nitrogens with zero attached hydrogens (tertiary/aromatic N) is 3. The predicted molar refractivity (Wildman–Crippen MR) is 104 cm³/mol. The minimum absolute atomic E-state index is 0.0678. The smallest absolute Gasteiger partial charge is 0.249 e. The maximum atomic E-state index is 13.6. The topological polar surface area (TPSA) is 47.4 Å². The lowest BCUT2D eigenvalue weighted by atomic mass is 9.81. The second-order valence-electron chi connectivity index (χ2n) is 8.33. The molecule has 1 saturated heterocycles. The first kappa shape index (κ1) is 20.0. The van der Waals surface area contributed by atoms with Crippen LogP contribution in [0, 0.1) is 37.3 Å². The van der Waals surface area contributed by atoms with Gasteiger partial charge >= 0.3 is 0 Å². The number of benzene rings is 1. The van der Waals surface area contributed by atoms with Gasteiger partial charge in [-0.15, -0.1) is 0 Å². The van der Waals surface area contributed by atoms with E-state index < -0.39 is 17.7 Å². The van der Waals surface area contributed by atoms with E-state index in [1.165, 1.54) is 17.2 Å². The van der Waals surface area contributed by atoms with Crippen LogP contribution in [0.1, 0.15) is 55.1 Å². The fraction of sp³-hybridized carbons (Fsp3) is 0.545. The molecule has 1 saturated carbocycles. The average molecular weight is 403 g/mol. The van der Waals surface area contributed by atoms with Crippen LogP contribution in [-0.4, -0.2) is 27.4 Å². The summed E-state index contributed by atoms with van der Waals surface area (Å²) in [4.78, 5) is 18.7. The number of carbonyl (C=O) groups is 1. The van der Waals surface area contributed by atoms with Gasteiger partial charge < -0.3 is 0 Å². The van der Waals surface area contributed by atoms with E-state index in [0.717, 1.165) is 49.7 Å². The van der Waals surface area contributed by atoms with Crippen molar-refractivity contribution >= 4 is 5.91 Å². The molecule has 5 nitrogen and oxygen atoms in total. The quantitative estimate of drug-likeness (QED) is 0.756. The van der Waals surface area contributed by atoms with Crippen molar-refractivity contribution in [3.63, 3.8) is 0 Å². The Morgan fingerprint density at radius 3 is 2.38 bits per heavy atom. The first-order valence-electron chi connectivity index (χ1n) is 10.3. The number of aryl methyl sites for hydroxylation is 2. The van der Waals surface area contributed by atoms with Gasteiger partial charge in [0.05, 0.1) is 18.3 Å². The van der Waals surface area contributed by atoms with E-state index in [2.05, 4.69) is 22.8 Å². The zero-order chi connectivity index (χ0) is 20.5. The molecule has 0 N–H and O–H groups in total. The van der Waals surface area contributed by atoms with Crippen molar-refractivity contribution in [2.24, 2.45) is 11.8 Å². The lowest BCUT2D eigenvalue weighted by Gasteiger charge is -2.32. The summed E-state index contributed by atoms with van der Waals surface area (Å²) in [6, 6.07) is 5.06. The third-order valence-corrected chi connectivity index (χ3v) is 6.12. The lowest BCUT2D eigenvalue weighted by Crippen LogP contribution is -2.37. The fourth-order valence-corrected chi connectivity index (χ4v) is 4.63. The van der Waals surface area contributed by atoms with Gasteiger partial charge in [-0.3, -0.25) is 14.3 Å². The zero-order valence-corrected chi connectivity index (χ0v) is 16.9. The van der Waals surface area contributed by atoms with Crippen LogP contribution in [0.3, 0.4) is 0 Å². The highest BCUT2D eigenvalue weighted by Gasteiger charge is 2.37. The highest BCUT2D eigenvalue weighted by molar-refractivity contribution is 5.78. The number of hydrogen-bond acceptors (Lipinski definition) is 3. The molecule has 1 aliphatic carbocycles. The Bertz CT molecular complexity index is 870. The Kier molecular flexibility index (Phi) is 5.67. The van der Waals surface area contributed by atoms with Gasteiger partial charge in [-0.25, -0.2) is 13.8 Å². The number of aromatic nitrogens is 2. The van der Waals surface area contributed by atoms with Crippen LogP contribution in [0.5, 0.6) is 0 Å². The average Bonchev–Trinajstić information content (AvgIpc) is 3.27. The van der Waals surface area contributed by atoms with E-state index in [0.29, 0.717) is 24.5 Å². The number of hydrogen-bond donors (Lipinski definition) is 0. The van der Waals surface area contributed by atoms with Crippen molar-refractivity contribution in [3.05, 3.63) is 52.9 Å². The molecule has 1 aliphatic heterocycles. The SMILES string of the molecule is Cc1cc(C)n(C[C@H]2CC[C@H](C(=O)N3OCC[C@H]3c3cc(F)cc(F)c3)CC2)n1. The van der Waals surface area contributed by atoms with Crippen molar-refractivity contribution in [1.82, 2.24) is 14.8 Å². The first-order valence-corrected chi connectivity index (χ1v) is 10.3. The highest BCUT2D eigenvalue weighted by Crippen LogP contribution is 2.37. The molecule has 29 heavy (non-hydrogen) atoms. The van der Waals surface area contributed by atoms with Crippen molar-refractivity contribution in [1.29, 1.82) is 0 Å². The Hall–Kier alpha value is -2.28. The normalized spacial score (nSPS) is 24.8. The van der Waals surface area contributed by atoms with Crippen molar-refractivity contribution in [3.8, 4) is 0 Å². The molecule has 7 heteroatoms. The Morgan fingerprint density at radius 2 is 1.76 bits per heavy atom. The number of rotatable bonds is 4. The van der Waals surface area contributed by atoms with E-state index in [-0.39, 0.29) is 11.8 Å². The summed E-state index contributed by atoms with van der Waals surface area (Å²) >= 11 is 0. The van der Waals surface area contributed by atoms with Crippen LogP contribution in [0.4, 0.5) is 8.78 Å². The summed E-state index contributed by atoms with van der Waals surface area (Å²) in [6.07, 6.45) is 4.06.